The van der Waals surface area contributed by atoms with E-state index in [0.717, 1.165) is 0 Å². The highest BCUT2D eigenvalue weighted by Crippen LogP contribution is 2.27. The van der Waals surface area contributed by atoms with E-state index in [1.54, 1.807) is 24.3 Å². The lowest BCUT2D eigenvalue weighted by Gasteiger charge is -2.08. The van der Waals surface area contributed by atoms with Crippen molar-refractivity contribution in [3.63, 3.8) is 0 Å². The van der Waals surface area contributed by atoms with Gasteiger partial charge in [-0.2, -0.15) is 4.98 Å². The molecule has 0 aliphatic carbocycles. The number of rotatable bonds is 6. The molecule has 3 rings (SSSR count). The molecule has 3 aromatic rings. The largest absolute Gasteiger partial charge is 0.485 e. The number of carbonyl (C=O) groups is 1. The van der Waals surface area contributed by atoms with Gasteiger partial charge in [0.2, 0.25) is 5.82 Å². The molecular weight excluding hydrogens is 365 g/mol. The van der Waals surface area contributed by atoms with Gasteiger partial charge in [-0.3, -0.25) is 4.79 Å². The van der Waals surface area contributed by atoms with E-state index >= 15 is 0 Å². The first kappa shape index (κ1) is 17.3. The summed E-state index contributed by atoms with van der Waals surface area (Å²) in [4.78, 5) is 14.8. The Morgan fingerprint density at radius 2 is 1.84 bits per heavy atom. The highest BCUT2D eigenvalue weighted by atomic mass is 35.5. The smallest absolute Gasteiger partial charge is 0.260 e. The first-order valence-electron chi connectivity index (χ1n) is 7.32. The molecule has 0 saturated carbocycles. The van der Waals surface area contributed by atoms with Gasteiger partial charge in [0.25, 0.3) is 11.8 Å². The number of alkyl halides is 2. The molecule has 0 spiro atoms. The summed E-state index contributed by atoms with van der Waals surface area (Å²) in [5.74, 6) is 0.801. The second-order valence-corrected chi connectivity index (χ2v) is 6.05. The van der Waals surface area contributed by atoms with Gasteiger partial charge in [0.05, 0.1) is 11.3 Å². The van der Waals surface area contributed by atoms with Gasteiger partial charge in [0.15, 0.2) is 11.4 Å². The van der Waals surface area contributed by atoms with E-state index in [1.807, 2.05) is 30.3 Å². The maximum absolute atomic E-state index is 11.7. The van der Waals surface area contributed by atoms with Crippen LogP contribution in [0.5, 0.6) is 5.75 Å². The zero-order valence-corrected chi connectivity index (χ0v) is 14.4. The molecule has 1 N–H and O–H groups in total. The van der Waals surface area contributed by atoms with Crippen molar-refractivity contribution in [2.24, 2.45) is 0 Å². The first-order valence-corrected chi connectivity index (χ1v) is 8.19. The van der Waals surface area contributed by atoms with E-state index in [2.05, 4.69) is 15.5 Å². The molecule has 0 atom stereocenters. The minimum Gasteiger partial charge on any atom is -0.485 e. The zero-order valence-electron chi connectivity index (χ0n) is 12.9. The molecule has 0 fully saturated rings. The van der Waals surface area contributed by atoms with Gasteiger partial charge in [0, 0.05) is 0 Å². The summed E-state index contributed by atoms with van der Waals surface area (Å²) in [5.41, 5.74) is 1.03. The Morgan fingerprint density at radius 3 is 2.60 bits per heavy atom. The van der Waals surface area contributed by atoms with Crippen molar-refractivity contribution in [3.05, 3.63) is 60.4 Å². The molecule has 0 aliphatic heterocycles. The average Bonchev–Trinajstić information content (AvgIpc) is 3.10. The van der Waals surface area contributed by atoms with Crippen molar-refractivity contribution in [1.29, 1.82) is 0 Å². The minimum absolute atomic E-state index is 0.160. The van der Waals surface area contributed by atoms with Gasteiger partial charge in [-0.15, -0.1) is 0 Å². The fourth-order valence-electron chi connectivity index (χ4n) is 2.05. The van der Waals surface area contributed by atoms with Crippen LogP contribution in [0.3, 0.4) is 0 Å². The molecule has 0 radical (unpaired) electrons. The summed E-state index contributed by atoms with van der Waals surface area (Å²) in [5, 5.41) is 6.50. The number of benzene rings is 2. The summed E-state index contributed by atoms with van der Waals surface area (Å²) in [6.45, 7) is 0.160. The SMILES string of the molecule is O=C(Nc1ccccc1-c1nc(COc2ccccc2)no1)C(Cl)Cl. The lowest BCUT2D eigenvalue weighted by molar-refractivity contribution is -0.114. The number of hydrogen-bond acceptors (Lipinski definition) is 5. The molecule has 2 aromatic carbocycles. The molecule has 128 valence electrons. The maximum Gasteiger partial charge on any atom is 0.260 e. The van der Waals surface area contributed by atoms with Crippen LogP contribution >= 0.6 is 23.2 Å². The van der Waals surface area contributed by atoms with Gasteiger partial charge in [-0.25, -0.2) is 0 Å². The Balaban J connectivity index is 1.75. The van der Waals surface area contributed by atoms with Crippen LogP contribution in [0.2, 0.25) is 0 Å². The number of anilines is 1. The summed E-state index contributed by atoms with van der Waals surface area (Å²) in [7, 11) is 0. The summed E-state index contributed by atoms with van der Waals surface area (Å²) in [6, 6.07) is 16.3. The molecule has 25 heavy (non-hydrogen) atoms. The second-order valence-electron chi connectivity index (χ2n) is 4.95. The Bertz CT molecular complexity index is 853. The predicted molar refractivity (Wildman–Crippen MR) is 94.6 cm³/mol. The molecule has 1 heterocycles. The van der Waals surface area contributed by atoms with Crippen LogP contribution in [0.4, 0.5) is 5.69 Å². The number of hydrogen-bond donors (Lipinski definition) is 1. The van der Waals surface area contributed by atoms with Crippen molar-refractivity contribution in [2.45, 2.75) is 11.4 Å². The molecular formula is C17H13Cl2N3O3. The summed E-state index contributed by atoms with van der Waals surface area (Å²) in [6.07, 6.45) is 0. The van der Waals surface area contributed by atoms with Crippen LogP contribution < -0.4 is 10.1 Å². The van der Waals surface area contributed by atoms with E-state index in [4.69, 9.17) is 32.5 Å². The van der Waals surface area contributed by atoms with Crippen LogP contribution in [0.25, 0.3) is 11.5 Å². The molecule has 1 amide bonds. The normalized spacial score (nSPS) is 10.7. The Hall–Kier alpha value is -2.57. The first-order chi connectivity index (χ1) is 12.1. The highest BCUT2D eigenvalue weighted by Gasteiger charge is 2.17. The van der Waals surface area contributed by atoms with Crippen molar-refractivity contribution in [3.8, 4) is 17.2 Å². The summed E-state index contributed by atoms with van der Waals surface area (Å²) < 4.78 is 10.8. The predicted octanol–water partition coefficient (Wildman–Crippen LogP) is 4.06. The topological polar surface area (TPSA) is 77.2 Å². The molecule has 0 unspecified atom stereocenters. The summed E-state index contributed by atoms with van der Waals surface area (Å²) >= 11 is 11.1. The van der Waals surface area contributed by atoms with Crippen molar-refractivity contribution >= 4 is 34.8 Å². The second kappa shape index (κ2) is 8.00. The van der Waals surface area contributed by atoms with E-state index in [-0.39, 0.29) is 12.5 Å². The fourth-order valence-corrected chi connectivity index (χ4v) is 2.16. The fraction of sp³-hybridized carbons (Fsp3) is 0.118. The Kier molecular flexibility index (Phi) is 5.53. The maximum atomic E-state index is 11.7. The van der Waals surface area contributed by atoms with E-state index in [9.17, 15) is 4.79 Å². The lowest BCUT2D eigenvalue weighted by atomic mass is 10.1. The Morgan fingerprint density at radius 1 is 1.12 bits per heavy atom. The number of aromatic nitrogens is 2. The van der Waals surface area contributed by atoms with E-state index in [0.29, 0.717) is 22.8 Å². The zero-order chi connectivity index (χ0) is 17.6. The molecule has 0 saturated heterocycles. The van der Waals surface area contributed by atoms with Crippen molar-refractivity contribution in [1.82, 2.24) is 10.1 Å². The highest BCUT2D eigenvalue weighted by molar-refractivity contribution is 6.54. The molecule has 0 bridgehead atoms. The molecule has 6 nitrogen and oxygen atoms in total. The quantitative estimate of drug-likeness (QED) is 0.655. The number of nitrogens with zero attached hydrogens (tertiary/aromatic N) is 2. The van der Waals surface area contributed by atoms with Crippen LogP contribution in [-0.2, 0) is 11.4 Å². The number of para-hydroxylation sites is 2. The van der Waals surface area contributed by atoms with Gasteiger partial charge in [-0.1, -0.05) is 58.7 Å². The van der Waals surface area contributed by atoms with Crippen LogP contribution in [0, 0.1) is 0 Å². The average molecular weight is 378 g/mol. The third kappa shape index (κ3) is 4.49. The van der Waals surface area contributed by atoms with Crippen LogP contribution in [-0.4, -0.2) is 20.9 Å². The molecule has 0 aliphatic rings. The van der Waals surface area contributed by atoms with E-state index in [1.165, 1.54) is 0 Å². The minimum atomic E-state index is -1.18. The number of nitrogens with one attached hydrogen (secondary N) is 1. The van der Waals surface area contributed by atoms with Gasteiger partial charge >= 0.3 is 0 Å². The number of ether oxygens (including phenoxy) is 1. The van der Waals surface area contributed by atoms with Crippen LogP contribution in [0.1, 0.15) is 5.82 Å². The lowest BCUT2D eigenvalue weighted by Crippen LogP contribution is -2.19. The number of halogens is 2. The van der Waals surface area contributed by atoms with Crippen LogP contribution in [0.15, 0.2) is 59.1 Å². The number of carbonyl (C=O) groups excluding carboxylic acids is 1. The molecule has 8 heteroatoms. The van der Waals surface area contributed by atoms with Crippen molar-refractivity contribution in [2.75, 3.05) is 5.32 Å². The molecule has 1 aromatic heterocycles. The van der Waals surface area contributed by atoms with E-state index < -0.39 is 10.7 Å². The van der Waals surface area contributed by atoms with Gasteiger partial charge < -0.3 is 14.6 Å². The van der Waals surface area contributed by atoms with Crippen molar-refractivity contribution < 1.29 is 14.1 Å². The van der Waals surface area contributed by atoms with Gasteiger partial charge in [-0.05, 0) is 24.3 Å². The third-order valence-electron chi connectivity index (χ3n) is 3.19. The monoisotopic (exact) mass is 377 g/mol. The number of amides is 1. The standard InChI is InChI=1S/C17H13Cl2N3O3/c18-15(19)16(23)20-13-9-5-4-8-12(13)17-21-14(22-25-17)10-24-11-6-2-1-3-7-11/h1-9,15H,10H2,(H,20,23). The third-order valence-corrected chi connectivity index (χ3v) is 3.59. The Labute approximate surface area is 153 Å². The van der Waals surface area contributed by atoms with Gasteiger partial charge in [0.1, 0.15) is 5.75 Å².